The molecule has 0 aromatic carbocycles. The van der Waals surface area contributed by atoms with E-state index in [1.807, 2.05) is 12.3 Å². The number of anilines is 1. The highest BCUT2D eigenvalue weighted by Crippen LogP contribution is 2.30. The van der Waals surface area contributed by atoms with Crippen molar-refractivity contribution in [1.82, 2.24) is 10.3 Å². The predicted molar refractivity (Wildman–Crippen MR) is 77.3 cm³/mol. The second-order valence-corrected chi connectivity index (χ2v) is 5.42. The number of aromatic nitrogens is 1. The van der Waals surface area contributed by atoms with Crippen LogP contribution in [0.15, 0.2) is 12.3 Å². The van der Waals surface area contributed by atoms with E-state index < -0.39 is 0 Å². The molecule has 1 saturated heterocycles. The number of nitrogens with zero attached hydrogens (tertiary/aromatic N) is 2. The molecule has 0 radical (unpaired) electrons. The van der Waals surface area contributed by atoms with E-state index in [2.05, 4.69) is 29.0 Å². The van der Waals surface area contributed by atoms with Gasteiger partial charge in [0.2, 0.25) is 0 Å². The molecule has 1 atom stereocenters. The summed E-state index contributed by atoms with van der Waals surface area (Å²) in [5.74, 6) is 0.945. The molecule has 1 aromatic heterocycles. The van der Waals surface area contributed by atoms with Crippen molar-refractivity contribution in [3.05, 3.63) is 22.8 Å². The maximum Gasteiger partial charge on any atom is 0.147 e. The molecular formula is C14H22ClN3. The van der Waals surface area contributed by atoms with Crippen LogP contribution < -0.4 is 10.2 Å². The molecule has 3 nitrogen and oxygen atoms in total. The lowest BCUT2D eigenvalue weighted by Gasteiger charge is -2.23. The molecule has 100 valence electrons. The molecule has 0 spiro atoms. The van der Waals surface area contributed by atoms with E-state index in [1.165, 1.54) is 12.8 Å². The maximum atomic E-state index is 6.36. The van der Waals surface area contributed by atoms with Gasteiger partial charge in [0.05, 0.1) is 5.02 Å². The van der Waals surface area contributed by atoms with Gasteiger partial charge in [-0.1, -0.05) is 18.5 Å². The Hall–Kier alpha value is -0.800. The zero-order valence-electron chi connectivity index (χ0n) is 11.2. The fourth-order valence-electron chi connectivity index (χ4n) is 2.44. The van der Waals surface area contributed by atoms with E-state index in [1.54, 1.807) is 0 Å². The van der Waals surface area contributed by atoms with Gasteiger partial charge in [0.1, 0.15) is 5.82 Å². The molecule has 0 bridgehead atoms. The lowest BCUT2D eigenvalue weighted by molar-refractivity contribution is 0.673. The first-order chi connectivity index (χ1) is 8.72. The van der Waals surface area contributed by atoms with Crippen molar-refractivity contribution in [2.75, 3.05) is 18.0 Å². The topological polar surface area (TPSA) is 28.2 Å². The summed E-state index contributed by atoms with van der Waals surface area (Å²) in [6.07, 6.45) is 5.55. The number of halogens is 1. The number of hydrogen-bond donors (Lipinski definition) is 1. The number of nitrogens with one attached hydrogen (secondary N) is 1. The van der Waals surface area contributed by atoms with Gasteiger partial charge in [-0.15, -0.1) is 0 Å². The van der Waals surface area contributed by atoms with Crippen LogP contribution in [0.1, 0.15) is 38.7 Å². The Morgan fingerprint density at radius 2 is 2.39 bits per heavy atom. The first-order valence-corrected chi connectivity index (χ1v) is 7.22. The van der Waals surface area contributed by atoms with Crippen LogP contribution in [0.5, 0.6) is 0 Å². The number of pyridine rings is 1. The highest BCUT2D eigenvalue weighted by atomic mass is 35.5. The van der Waals surface area contributed by atoms with Crippen molar-refractivity contribution in [3.63, 3.8) is 0 Å². The largest absolute Gasteiger partial charge is 0.353 e. The average molecular weight is 268 g/mol. The molecule has 18 heavy (non-hydrogen) atoms. The molecule has 1 fully saturated rings. The summed E-state index contributed by atoms with van der Waals surface area (Å²) in [6, 6.07) is 2.59. The van der Waals surface area contributed by atoms with E-state index in [4.69, 9.17) is 11.6 Å². The Kier molecular flexibility index (Phi) is 4.84. The zero-order chi connectivity index (χ0) is 13.0. The highest BCUT2D eigenvalue weighted by molar-refractivity contribution is 6.33. The second-order valence-electron chi connectivity index (χ2n) is 5.01. The van der Waals surface area contributed by atoms with Crippen molar-refractivity contribution < 1.29 is 0 Å². The molecule has 1 aliphatic heterocycles. The normalized spacial score (nSPS) is 19.5. The van der Waals surface area contributed by atoms with Crippen LogP contribution in [0, 0.1) is 0 Å². The molecule has 0 amide bonds. The van der Waals surface area contributed by atoms with Crippen molar-refractivity contribution in [3.8, 4) is 0 Å². The smallest absolute Gasteiger partial charge is 0.147 e. The number of rotatable bonds is 5. The molecule has 2 heterocycles. The van der Waals surface area contributed by atoms with Crippen LogP contribution in [0.25, 0.3) is 0 Å². The van der Waals surface area contributed by atoms with Crippen molar-refractivity contribution in [2.24, 2.45) is 0 Å². The third kappa shape index (κ3) is 3.15. The molecule has 0 saturated carbocycles. The summed E-state index contributed by atoms with van der Waals surface area (Å²) in [5.41, 5.74) is 1.16. The monoisotopic (exact) mass is 267 g/mol. The molecule has 1 N–H and O–H groups in total. The zero-order valence-corrected chi connectivity index (χ0v) is 12.0. The summed E-state index contributed by atoms with van der Waals surface area (Å²) < 4.78 is 0. The minimum Gasteiger partial charge on any atom is -0.353 e. The van der Waals surface area contributed by atoms with Gasteiger partial charge in [0.15, 0.2) is 0 Å². The Bertz CT molecular complexity index is 395. The Balaban J connectivity index is 2.05. The molecule has 1 unspecified atom stereocenters. The van der Waals surface area contributed by atoms with Gasteiger partial charge in [0, 0.05) is 25.3 Å². The van der Waals surface area contributed by atoms with Crippen LogP contribution in [0.3, 0.4) is 0 Å². The SMILES string of the molecule is CCCNCc1cnc(N2CCCC2C)c(Cl)c1. The molecule has 0 aliphatic carbocycles. The van der Waals surface area contributed by atoms with Crippen molar-refractivity contribution in [1.29, 1.82) is 0 Å². The standard InChI is InChI=1S/C14H22ClN3/c1-3-6-16-9-12-8-13(15)14(17-10-12)18-7-4-5-11(18)2/h8,10-11,16H,3-7,9H2,1-2H3. The Morgan fingerprint density at radius 3 is 3.00 bits per heavy atom. The first-order valence-electron chi connectivity index (χ1n) is 6.84. The minimum atomic E-state index is 0.555. The quantitative estimate of drug-likeness (QED) is 0.831. The first kappa shape index (κ1) is 13.6. The predicted octanol–water partition coefficient (Wildman–Crippen LogP) is 3.22. The lowest BCUT2D eigenvalue weighted by Crippen LogP contribution is -2.27. The van der Waals surface area contributed by atoms with Crippen LogP contribution in [-0.4, -0.2) is 24.1 Å². The molecule has 2 rings (SSSR count). The lowest BCUT2D eigenvalue weighted by atomic mass is 10.2. The molecular weight excluding hydrogens is 246 g/mol. The van der Waals surface area contributed by atoms with Crippen LogP contribution in [0.2, 0.25) is 5.02 Å². The summed E-state index contributed by atoms with van der Waals surface area (Å²) in [5, 5.41) is 4.14. The van der Waals surface area contributed by atoms with E-state index in [0.717, 1.165) is 42.5 Å². The van der Waals surface area contributed by atoms with Gasteiger partial charge in [0.25, 0.3) is 0 Å². The minimum absolute atomic E-state index is 0.555. The second kappa shape index (κ2) is 6.39. The van der Waals surface area contributed by atoms with E-state index in [9.17, 15) is 0 Å². The van der Waals surface area contributed by atoms with E-state index in [-0.39, 0.29) is 0 Å². The highest BCUT2D eigenvalue weighted by Gasteiger charge is 2.23. The summed E-state index contributed by atoms with van der Waals surface area (Å²) in [4.78, 5) is 6.85. The molecule has 4 heteroatoms. The van der Waals surface area contributed by atoms with Crippen molar-refractivity contribution in [2.45, 2.75) is 45.7 Å². The van der Waals surface area contributed by atoms with Crippen LogP contribution >= 0.6 is 11.6 Å². The average Bonchev–Trinajstić information content (AvgIpc) is 2.76. The van der Waals surface area contributed by atoms with Gasteiger partial charge in [-0.25, -0.2) is 4.98 Å². The van der Waals surface area contributed by atoms with Gasteiger partial charge in [-0.05, 0) is 44.4 Å². The summed E-state index contributed by atoms with van der Waals surface area (Å²) in [7, 11) is 0. The fraction of sp³-hybridized carbons (Fsp3) is 0.643. The Morgan fingerprint density at radius 1 is 1.56 bits per heavy atom. The van der Waals surface area contributed by atoms with Gasteiger partial charge in [-0.2, -0.15) is 0 Å². The van der Waals surface area contributed by atoms with E-state index >= 15 is 0 Å². The van der Waals surface area contributed by atoms with Crippen LogP contribution in [0.4, 0.5) is 5.82 Å². The van der Waals surface area contributed by atoms with Crippen LogP contribution in [-0.2, 0) is 6.54 Å². The Labute approximate surface area is 115 Å². The van der Waals surface area contributed by atoms with Gasteiger partial charge < -0.3 is 10.2 Å². The van der Waals surface area contributed by atoms with Gasteiger partial charge >= 0.3 is 0 Å². The van der Waals surface area contributed by atoms with Crippen molar-refractivity contribution >= 4 is 17.4 Å². The van der Waals surface area contributed by atoms with E-state index in [0.29, 0.717) is 6.04 Å². The summed E-state index contributed by atoms with van der Waals surface area (Å²) in [6.45, 7) is 7.35. The fourth-order valence-corrected chi connectivity index (χ4v) is 2.73. The molecule has 1 aliphatic rings. The third-order valence-electron chi connectivity index (χ3n) is 3.46. The number of hydrogen-bond acceptors (Lipinski definition) is 3. The molecule has 1 aromatic rings. The third-order valence-corrected chi connectivity index (χ3v) is 3.74. The maximum absolute atomic E-state index is 6.36. The van der Waals surface area contributed by atoms with Gasteiger partial charge in [-0.3, -0.25) is 0 Å². The summed E-state index contributed by atoms with van der Waals surface area (Å²) >= 11 is 6.36.